The Kier molecular flexibility index (Phi) is 5.56. The monoisotopic (exact) mass is 468 g/mol. The highest BCUT2D eigenvalue weighted by Gasteiger charge is 2.32. The zero-order valence-electron chi connectivity index (χ0n) is 19.3. The van der Waals surface area contributed by atoms with Crippen LogP contribution in [0.5, 0.6) is 5.75 Å². The van der Waals surface area contributed by atoms with Gasteiger partial charge in [0.2, 0.25) is 0 Å². The van der Waals surface area contributed by atoms with Gasteiger partial charge in [0.1, 0.15) is 5.75 Å². The van der Waals surface area contributed by atoms with Crippen LogP contribution in [-0.4, -0.2) is 33.5 Å². The topological polar surface area (TPSA) is 115 Å². The van der Waals surface area contributed by atoms with Crippen LogP contribution in [0.1, 0.15) is 47.7 Å². The molecule has 176 valence electrons. The average Bonchev–Trinajstić information content (AvgIpc) is 3.36. The number of amides is 1. The molecule has 3 aromatic carbocycles. The highest BCUT2D eigenvalue weighted by atomic mass is 16.4. The summed E-state index contributed by atoms with van der Waals surface area (Å²) in [6.45, 7) is 3.90. The molecule has 0 bridgehead atoms. The van der Waals surface area contributed by atoms with Gasteiger partial charge in [0.05, 0.1) is 22.6 Å². The van der Waals surface area contributed by atoms with E-state index in [0.717, 1.165) is 12.8 Å². The Balaban J connectivity index is 1.40. The quantitative estimate of drug-likeness (QED) is 0.360. The maximum atomic E-state index is 13.1. The number of rotatable bonds is 5. The molecule has 0 saturated carbocycles. The summed E-state index contributed by atoms with van der Waals surface area (Å²) in [4.78, 5) is 24.4. The van der Waals surface area contributed by atoms with Crippen molar-refractivity contribution in [3.8, 4) is 16.9 Å². The molecule has 0 saturated heterocycles. The smallest absolute Gasteiger partial charge is 0.335 e. The first-order chi connectivity index (χ1) is 16.8. The van der Waals surface area contributed by atoms with Crippen LogP contribution < -0.4 is 10.4 Å². The molecule has 1 atom stereocenters. The molecule has 5 rings (SSSR count). The van der Waals surface area contributed by atoms with Crippen molar-refractivity contribution >= 4 is 34.7 Å². The molecule has 0 radical (unpaired) electrons. The summed E-state index contributed by atoms with van der Waals surface area (Å²) in [6, 6.07) is 17.3. The van der Waals surface area contributed by atoms with Crippen LogP contribution in [0.2, 0.25) is 0 Å². The number of fused-ring (bicyclic) bond motifs is 1. The van der Waals surface area contributed by atoms with Gasteiger partial charge >= 0.3 is 11.9 Å². The minimum Gasteiger partial charge on any atom is -0.505 e. The van der Waals surface area contributed by atoms with E-state index >= 15 is 0 Å². The second-order valence-electron chi connectivity index (χ2n) is 8.79. The van der Waals surface area contributed by atoms with E-state index in [2.05, 4.69) is 28.6 Å². The first-order valence-electron chi connectivity index (χ1n) is 11.4. The lowest BCUT2D eigenvalue weighted by Gasteiger charge is -2.14. The van der Waals surface area contributed by atoms with Gasteiger partial charge in [0.15, 0.2) is 5.71 Å². The number of aromatic carboxylic acids is 1. The van der Waals surface area contributed by atoms with E-state index in [1.165, 1.54) is 28.3 Å². The summed E-state index contributed by atoms with van der Waals surface area (Å²) in [5.74, 6) is -1.06. The first kappa shape index (κ1) is 22.3. The van der Waals surface area contributed by atoms with Crippen molar-refractivity contribution in [2.24, 2.45) is 10.2 Å². The zero-order chi connectivity index (χ0) is 24.7. The number of nitrogens with one attached hydrogen (secondary N) is 1. The minimum absolute atomic E-state index is 0.108. The van der Waals surface area contributed by atoms with Crippen LogP contribution in [0.4, 0.5) is 11.4 Å². The minimum atomic E-state index is -1.05. The fourth-order valence-electron chi connectivity index (χ4n) is 4.53. The SMILES string of the molecule is CC1=NN(c2ccc3c(c2)C(C)CC3)C(=O)/C1=N\Nc1cccc(-c2cccc(C(=O)O)c2)c1O. The summed E-state index contributed by atoms with van der Waals surface area (Å²) >= 11 is 0. The molecule has 1 aliphatic carbocycles. The molecule has 0 aromatic heterocycles. The average molecular weight is 469 g/mol. The summed E-state index contributed by atoms with van der Waals surface area (Å²) in [5, 5.41) is 30.1. The largest absolute Gasteiger partial charge is 0.505 e. The Labute approximate surface area is 202 Å². The van der Waals surface area contributed by atoms with Crippen LogP contribution in [0.15, 0.2) is 70.9 Å². The molecule has 8 nitrogen and oxygen atoms in total. The zero-order valence-corrected chi connectivity index (χ0v) is 19.3. The van der Waals surface area contributed by atoms with Gasteiger partial charge in [0, 0.05) is 5.56 Å². The summed E-state index contributed by atoms with van der Waals surface area (Å²) < 4.78 is 0. The molecule has 1 amide bonds. The van der Waals surface area contributed by atoms with Crippen molar-refractivity contribution in [3.63, 3.8) is 0 Å². The molecule has 8 heteroatoms. The lowest BCUT2D eigenvalue weighted by Crippen LogP contribution is -2.28. The van der Waals surface area contributed by atoms with Crippen LogP contribution in [0.25, 0.3) is 11.1 Å². The van der Waals surface area contributed by atoms with E-state index in [-0.39, 0.29) is 28.6 Å². The number of phenols is 1. The number of phenolic OH excluding ortho intramolecular Hbond substituents is 1. The van der Waals surface area contributed by atoms with Gasteiger partial charge < -0.3 is 10.2 Å². The molecule has 1 heterocycles. The van der Waals surface area contributed by atoms with Gasteiger partial charge in [-0.1, -0.05) is 37.3 Å². The second-order valence-corrected chi connectivity index (χ2v) is 8.79. The lowest BCUT2D eigenvalue weighted by atomic mass is 10.0. The van der Waals surface area contributed by atoms with E-state index in [0.29, 0.717) is 28.4 Å². The highest BCUT2D eigenvalue weighted by molar-refractivity contribution is 6.71. The number of benzene rings is 3. The molecule has 2 aliphatic rings. The van der Waals surface area contributed by atoms with E-state index < -0.39 is 5.97 Å². The maximum Gasteiger partial charge on any atom is 0.335 e. The van der Waals surface area contributed by atoms with E-state index in [9.17, 15) is 19.8 Å². The Hall–Kier alpha value is -4.46. The number of hydrazone groups is 2. The predicted octanol–water partition coefficient (Wildman–Crippen LogP) is 5.00. The van der Waals surface area contributed by atoms with E-state index in [1.807, 2.05) is 12.1 Å². The summed E-state index contributed by atoms with van der Waals surface area (Å²) in [5.41, 5.74) is 8.03. The van der Waals surface area contributed by atoms with Crippen molar-refractivity contribution in [1.82, 2.24) is 0 Å². The number of hydrogen-bond acceptors (Lipinski definition) is 6. The summed E-state index contributed by atoms with van der Waals surface area (Å²) in [6.07, 6.45) is 2.15. The number of carboxylic acids is 1. The molecule has 0 fully saturated rings. The Morgan fingerprint density at radius 2 is 1.94 bits per heavy atom. The number of para-hydroxylation sites is 1. The van der Waals surface area contributed by atoms with Gasteiger partial charge in [-0.25, -0.2) is 4.79 Å². The molecule has 35 heavy (non-hydrogen) atoms. The fourth-order valence-corrected chi connectivity index (χ4v) is 4.53. The third-order valence-corrected chi connectivity index (χ3v) is 6.48. The standard InChI is InChI=1S/C27H24N4O4/c1-15-9-10-17-11-12-20(14-22(15)17)31-26(33)24(16(2)30-31)29-28-23-8-4-7-21(25(23)32)18-5-3-6-19(13-18)27(34)35/h3-8,11-15,28,32H,9-10H2,1-2H3,(H,34,35)/b29-24-. The molecule has 1 unspecified atom stereocenters. The molecular formula is C27H24N4O4. The Bertz CT molecular complexity index is 1430. The van der Waals surface area contributed by atoms with Crippen LogP contribution in [-0.2, 0) is 11.2 Å². The van der Waals surface area contributed by atoms with Crippen molar-refractivity contribution in [1.29, 1.82) is 0 Å². The number of aromatic hydroxyl groups is 1. The number of nitrogens with zero attached hydrogens (tertiary/aromatic N) is 3. The summed E-state index contributed by atoms with van der Waals surface area (Å²) in [7, 11) is 0. The number of carbonyl (C=O) groups excluding carboxylic acids is 1. The molecule has 0 spiro atoms. The number of carbonyl (C=O) groups is 2. The Morgan fingerprint density at radius 3 is 2.74 bits per heavy atom. The van der Waals surface area contributed by atoms with Crippen LogP contribution >= 0.6 is 0 Å². The third-order valence-electron chi connectivity index (χ3n) is 6.48. The van der Waals surface area contributed by atoms with E-state index in [1.54, 1.807) is 37.3 Å². The van der Waals surface area contributed by atoms with Gasteiger partial charge in [-0.2, -0.15) is 15.2 Å². The molecule has 1 aliphatic heterocycles. The number of anilines is 2. The van der Waals surface area contributed by atoms with Crippen LogP contribution in [0.3, 0.4) is 0 Å². The third kappa shape index (κ3) is 4.03. The van der Waals surface area contributed by atoms with Gasteiger partial charge in [-0.05, 0) is 72.7 Å². The van der Waals surface area contributed by atoms with Crippen molar-refractivity contribution in [2.45, 2.75) is 32.6 Å². The number of carboxylic acid groups (broad SMARTS) is 1. The molecule has 3 N–H and O–H groups in total. The normalized spacial score (nSPS) is 18.1. The molecule has 3 aromatic rings. The Morgan fingerprint density at radius 1 is 1.14 bits per heavy atom. The van der Waals surface area contributed by atoms with Crippen molar-refractivity contribution in [2.75, 3.05) is 10.4 Å². The first-order valence-corrected chi connectivity index (χ1v) is 11.4. The van der Waals surface area contributed by atoms with Crippen molar-refractivity contribution in [3.05, 3.63) is 77.4 Å². The fraction of sp³-hybridized carbons (Fsp3) is 0.185. The maximum absolute atomic E-state index is 13.1. The van der Waals surface area contributed by atoms with Crippen LogP contribution in [0, 0.1) is 0 Å². The van der Waals surface area contributed by atoms with Crippen molar-refractivity contribution < 1.29 is 19.8 Å². The van der Waals surface area contributed by atoms with Gasteiger partial charge in [-0.3, -0.25) is 10.2 Å². The van der Waals surface area contributed by atoms with E-state index in [4.69, 9.17) is 0 Å². The second kappa shape index (κ2) is 8.72. The van der Waals surface area contributed by atoms with Gasteiger partial charge in [0.25, 0.3) is 0 Å². The van der Waals surface area contributed by atoms with Gasteiger partial charge in [-0.15, -0.1) is 0 Å². The highest BCUT2D eigenvalue weighted by Crippen LogP contribution is 2.37. The predicted molar refractivity (Wildman–Crippen MR) is 135 cm³/mol. The lowest BCUT2D eigenvalue weighted by molar-refractivity contribution is -0.112. The number of aryl methyl sites for hydroxylation is 1. The number of hydrogen-bond donors (Lipinski definition) is 3. The molecular weight excluding hydrogens is 444 g/mol.